The van der Waals surface area contributed by atoms with Crippen LogP contribution in [0.2, 0.25) is 0 Å². The molecule has 1 aliphatic rings. The molecule has 1 atom stereocenters. The van der Waals surface area contributed by atoms with E-state index in [1.54, 1.807) is 0 Å². The van der Waals surface area contributed by atoms with Crippen molar-refractivity contribution in [2.24, 2.45) is 0 Å². The first-order chi connectivity index (χ1) is 9.56. The highest BCUT2D eigenvalue weighted by molar-refractivity contribution is 14.1. The van der Waals surface area contributed by atoms with Crippen molar-refractivity contribution in [3.05, 3.63) is 44.9 Å². The minimum absolute atomic E-state index is 0.135. The van der Waals surface area contributed by atoms with E-state index in [2.05, 4.69) is 52.5 Å². The zero-order chi connectivity index (χ0) is 14.3. The van der Waals surface area contributed by atoms with E-state index < -0.39 is 0 Å². The summed E-state index contributed by atoms with van der Waals surface area (Å²) in [7, 11) is 0. The van der Waals surface area contributed by atoms with Crippen molar-refractivity contribution in [2.45, 2.75) is 32.3 Å². The lowest BCUT2D eigenvalue weighted by atomic mass is 10.1. The summed E-state index contributed by atoms with van der Waals surface area (Å²) in [6, 6.07) is 8.06. The Balaban J connectivity index is 1.97. The van der Waals surface area contributed by atoms with Gasteiger partial charge in [0.05, 0.1) is 9.26 Å². The van der Waals surface area contributed by atoms with Gasteiger partial charge in [-0.25, -0.2) is 9.97 Å². The SMILES string of the molecule is CC(C)c1nc(C2Cc3ccccc3O2)nc(N)c1I. The fraction of sp³-hybridized carbons (Fsp3) is 0.333. The second kappa shape index (κ2) is 5.20. The third kappa shape index (κ3) is 2.34. The molecule has 1 aromatic carbocycles. The first-order valence-electron chi connectivity index (χ1n) is 6.63. The number of nitrogen functional groups attached to an aromatic ring is 1. The van der Waals surface area contributed by atoms with Gasteiger partial charge in [0.25, 0.3) is 0 Å². The summed E-state index contributed by atoms with van der Waals surface area (Å²) in [5, 5.41) is 0. The lowest BCUT2D eigenvalue weighted by Gasteiger charge is -2.15. The number of anilines is 1. The van der Waals surface area contributed by atoms with E-state index in [1.165, 1.54) is 5.56 Å². The molecule has 0 amide bonds. The van der Waals surface area contributed by atoms with Crippen LogP contribution < -0.4 is 10.5 Å². The normalized spacial score (nSPS) is 17.1. The van der Waals surface area contributed by atoms with Gasteiger partial charge in [-0.15, -0.1) is 0 Å². The quantitative estimate of drug-likeness (QED) is 0.810. The van der Waals surface area contributed by atoms with Gasteiger partial charge in [0.1, 0.15) is 11.6 Å². The van der Waals surface area contributed by atoms with Gasteiger partial charge >= 0.3 is 0 Å². The van der Waals surface area contributed by atoms with Crippen LogP contribution in [0, 0.1) is 3.57 Å². The number of nitrogens with zero attached hydrogens (tertiary/aromatic N) is 2. The summed E-state index contributed by atoms with van der Waals surface area (Å²) in [6.45, 7) is 4.22. The molecule has 0 saturated heterocycles. The van der Waals surface area contributed by atoms with E-state index in [0.717, 1.165) is 21.4 Å². The van der Waals surface area contributed by atoms with Crippen molar-refractivity contribution in [1.82, 2.24) is 9.97 Å². The number of ether oxygens (including phenoxy) is 1. The lowest BCUT2D eigenvalue weighted by molar-refractivity contribution is 0.227. The van der Waals surface area contributed by atoms with Crippen LogP contribution in [0.5, 0.6) is 5.75 Å². The van der Waals surface area contributed by atoms with E-state index in [-0.39, 0.29) is 6.10 Å². The molecule has 2 N–H and O–H groups in total. The van der Waals surface area contributed by atoms with Crippen LogP contribution in [0.25, 0.3) is 0 Å². The third-order valence-corrected chi connectivity index (χ3v) is 4.51. The van der Waals surface area contributed by atoms with Crippen LogP contribution >= 0.6 is 22.6 Å². The molecular formula is C15H16IN3O. The highest BCUT2D eigenvalue weighted by atomic mass is 127. The summed E-state index contributed by atoms with van der Waals surface area (Å²) < 4.78 is 6.88. The van der Waals surface area contributed by atoms with Gasteiger partial charge in [-0.05, 0) is 40.1 Å². The Morgan fingerprint density at radius 1 is 1.30 bits per heavy atom. The maximum atomic E-state index is 6.02. The molecule has 0 radical (unpaired) electrons. The average Bonchev–Trinajstić information content (AvgIpc) is 2.85. The van der Waals surface area contributed by atoms with Gasteiger partial charge in [-0.1, -0.05) is 32.0 Å². The summed E-state index contributed by atoms with van der Waals surface area (Å²) in [5.74, 6) is 2.46. The summed E-state index contributed by atoms with van der Waals surface area (Å²) in [5.41, 5.74) is 8.21. The predicted octanol–water partition coefficient (Wildman–Crippen LogP) is 3.46. The number of rotatable bonds is 2. The number of aromatic nitrogens is 2. The second-order valence-corrected chi connectivity index (χ2v) is 6.32. The Labute approximate surface area is 131 Å². The molecule has 4 nitrogen and oxygen atoms in total. The number of benzene rings is 1. The molecular weight excluding hydrogens is 365 g/mol. The van der Waals surface area contributed by atoms with Crippen molar-refractivity contribution in [3.8, 4) is 5.75 Å². The largest absolute Gasteiger partial charge is 0.482 e. The highest BCUT2D eigenvalue weighted by Crippen LogP contribution is 2.36. The van der Waals surface area contributed by atoms with Gasteiger partial charge in [0.15, 0.2) is 11.9 Å². The van der Waals surface area contributed by atoms with Crippen LogP contribution in [-0.4, -0.2) is 9.97 Å². The Kier molecular flexibility index (Phi) is 3.54. The van der Waals surface area contributed by atoms with Crippen molar-refractivity contribution in [3.63, 3.8) is 0 Å². The molecule has 1 aliphatic heterocycles. The van der Waals surface area contributed by atoms with Gasteiger partial charge < -0.3 is 10.5 Å². The lowest BCUT2D eigenvalue weighted by Crippen LogP contribution is -2.14. The fourth-order valence-electron chi connectivity index (χ4n) is 2.35. The smallest absolute Gasteiger partial charge is 0.172 e. The van der Waals surface area contributed by atoms with Crippen molar-refractivity contribution >= 4 is 28.4 Å². The molecule has 1 unspecified atom stereocenters. The summed E-state index contributed by atoms with van der Waals surface area (Å²) in [4.78, 5) is 9.09. The molecule has 0 fully saturated rings. The maximum absolute atomic E-state index is 6.02. The number of hydrogen-bond donors (Lipinski definition) is 1. The van der Waals surface area contributed by atoms with Gasteiger partial charge in [-0.2, -0.15) is 0 Å². The standard InChI is InChI=1S/C15H16IN3O/c1-8(2)13-12(16)14(17)19-15(18-13)11-7-9-5-3-4-6-10(9)20-11/h3-6,8,11H,7H2,1-2H3,(H2,17,18,19). The predicted molar refractivity (Wildman–Crippen MR) is 86.8 cm³/mol. The number of hydrogen-bond acceptors (Lipinski definition) is 4. The molecule has 5 heteroatoms. The summed E-state index contributed by atoms with van der Waals surface area (Å²) in [6.07, 6.45) is 0.664. The molecule has 1 aromatic heterocycles. The maximum Gasteiger partial charge on any atom is 0.172 e. The second-order valence-electron chi connectivity index (χ2n) is 5.24. The molecule has 3 rings (SSSR count). The summed E-state index contributed by atoms with van der Waals surface area (Å²) >= 11 is 2.21. The van der Waals surface area contributed by atoms with Crippen molar-refractivity contribution in [2.75, 3.05) is 5.73 Å². The Morgan fingerprint density at radius 3 is 2.75 bits per heavy atom. The van der Waals surface area contributed by atoms with Gasteiger partial charge in [-0.3, -0.25) is 0 Å². The van der Waals surface area contributed by atoms with Crippen LogP contribution in [0.1, 0.15) is 43.0 Å². The van der Waals surface area contributed by atoms with Crippen LogP contribution in [0.3, 0.4) is 0 Å². The first kappa shape index (κ1) is 13.6. The Hall–Kier alpha value is -1.37. The van der Waals surface area contributed by atoms with Crippen LogP contribution in [-0.2, 0) is 6.42 Å². The van der Waals surface area contributed by atoms with Crippen molar-refractivity contribution in [1.29, 1.82) is 0 Å². The van der Waals surface area contributed by atoms with E-state index in [9.17, 15) is 0 Å². The van der Waals surface area contributed by atoms with E-state index >= 15 is 0 Å². The van der Waals surface area contributed by atoms with Gasteiger partial charge in [0.2, 0.25) is 0 Å². The molecule has 0 aliphatic carbocycles. The number of fused-ring (bicyclic) bond motifs is 1. The van der Waals surface area contributed by atoms with E-state index in [0.29, 0.717) is 17.6 Å². The molecule has 0 bridgehead atoms. The molecule has 0 spiro atoms. The minimum Gasteiger partial charge on any atom is -0.482 e. The van der Waals surface area contributed by atoms with Gasteiger partial charge in [0, 0.05) is 6.42 Å². The minimum atomic E-state index is -0.135. The molecule has 0 saturated carbocycles. The average molecular weight is 381 g/mol. The highest BCUT2D eigenvalue weighted by Gasteiger charge is 2.28. The van der Waals surface area contributed by atoms with Crippen LogP contribution in [0.4, 0.5) is 5.82 Å². The topological polar surface area (TPSA) is 61.0 Å². The molecule has 20 heavy (non-hydrogen) atoms. The molecule has 2 heterocycles. The van der Waals surface area contributed by atoms with Crippen LogP contribution in [0.15, 0.2) is 24.3 Å². The third-order valence-electron chi connectivity index (χ3n) is 3.40. The van der Waals surface area contributed by atoms with Crippen molar-refractivity contribution < 1.29 is 4.74 Å². The fourth-order valence-corrected chi connectivity index (χ4v) is 3.22. The van der Waals surface area contributed by atoms with E-state index in [4.69, 9.17) is 10.5 Å². The monoisotopic (exact) mass is 381 g/mol. The zero-order valence-electron chi connectivity index (χ0n) is 11.4. The Morgan fingerprint density at radius 2 is 2.05 bits per heavy atom. The molecule has 2 aromatic rings. The number of nitrogens with two attached hydrogens (primary N) is 1. The van der Waals surface area contributed by atoms with E-state index in [1.807, 2.05) is 18.2 Å². The first-order valence-corrected chi connectivity index (χ1v) is 7.71. The Bertz CT molecular complexity index is 633. The number of halogens is 1. The zero-order valence-corrected chi connectivity index (χ0v) is 13.6. The number of para-hydroxylation sites is 1. The molecule has 104 valence electrons.